The number of fused-ring (bicyclic) bond motifs is 1. The molecule has 0 bridgehead atoms. The molecule has 2 aromatic carbocycles. The largest absolute Gasteiger partial charge is 0.298 e. The van der Waals surface area contributed by atoms with Crippen molar-refractivity contribution in [1.29, 1.82) is 0 Å². The zero-order valence-corrected chi connectivity index (χ0v) is 15.5. The maximum atomic E-state index is 15.5. The Kier molecular flexibility index (Phi) is 4.73. The SMILES string of the molecule is Cc1ccc(-c2ccc3c(c2F)CN(C)CC=C3c2cc(F)cc(F)c2)nn1. The third-order valence-corrected chi connectivity index (χ3v) is 4.82. The van der Waals surface area contributed by atoms with Crippen molar-refractivity contribution in [3.8, 4) is 11.3 Å². The summed E-state index contributed by atoms with van der Waals surface area (Å²) in [5.74, 6) is -1.73. The van der Waals surface area contributed by atoms with Crippen LogP contribution in [-0.2, 0) is 6.54 Å². The van der Waals surface area contributed by atoms with Gasteiger partial charge in [0.15, 0.2) is 0 Å². The van der Waals surface area contributed by atoms with E-state index < -0.39 is 17.5 Å². The summed E-state index contributed by atoms with van der Waals surface area (Å²) in [7, 11) is 1.87. The minimum absolute atomic E-state index is 0.353. The Hall–Kier alpha value is -2.99. The molecular weight excluding hydrogens is 363 g/mol. The molecule has 0 N–H and O–H groups in total. The summed E-state index contributed by atoms with van der Waals surface area (Å²) >= 11 is 0. The summed E-state index contributed by atoms with van der Waals surface area (Å²) in [5, 5.41) is 8.09. The van der Waals surface area contributed by atoms with Crippen LogP contribution in [0.2, 0.25) is 0 Å². The lowest BCUT2D eigenvalue weighted by molar-refractivity contribution is 0.358. The molecule has 1 aliphatic rings. The standard InChI is InChI=1S/C22H18F3N3/c1-13-3-6-21(27-26-13)19-5-4-18-17(14-9-15(23)11-16(24)10-14)7-8-28(2)12-20(18)22(19)25/h3-7,9-11H,8,12H2,1-2H3. The van der Waals surface area contributed by atoms with Crippen molar-refractivity contribution >= 4 is 5.57 Å². The molecule has 0 radical (unpaired) electrons. The van der Waals surface area contributed by atoms with Crippen LogP contribution in [0, 0.1) is 24.4 Å². The van der Waals surface area contributed by atoms with Gasteiger partial charge in [0.25, 0.3) is 0 Å². The highest BCUT2D eigenvalue weighted by Crippen LogP contribution is 2.35. The topological polar surface area (TPSA) is 29.0 Å². The molecular formula is C22H18F3N3. The van der Waals surface area contributed by atoms with Gasteiger partial charge in [0.05, 0.1) is 11.4 Å². The van der Waals surface area contributed by atoms with Crippen LogP contribution >= 0.6 is 0 Å². The van der Waals surface area contributed by atoms with E-state index in [9.17, 15) is 8.78 Å². The van der Waals surface area contributed by atoms with E-state index in [0.29, 0.717) is 46.6 Å². The van der Waals surface area contributed by atoms with Crippen molar-refractivity contribution in [3.63, 3.8) is 0 Å². The van der Waals surface area contributed by atoms with E-state index in [-0.39, 0.29) is 0 Å². The fourth-order valence-corrected chi connectivity index (χ4v) is 3.44. The lowest BCUT2D eigenvalue weighted by Crippen LogP contribution is -2.17. The molecule has 0 unspecified atom stereocenters. The lowest BCUT2D eigenvalue weighted by atomic mass is 9.91. The van der Waals surface area contributed by atoms with Gasteiger partial charge in [-0.3, -0.25) is 4.90 Å². The molecule has 0 atom stereocenters. The number of aromatic nitrogens is 2. The number of nitrogens with zero attached hydrogens (tertiary/aromatic N) is 3. The third-order valence-electron chi connectivity index (χ3n) is 4.82. The van der Waals surface area contributed by atoms with Crippen molar-refractivity contribution in [3.05, 3.63) is 88.4 Å². The van der Waals surface area contributed by atoms with Gasteiger partial charge >= 0.3 is 0 Å². The Morgan fingerprint density at radius 1 is 0.893 bits per heavy atom. The Morgan fingerprint density at radius 3 is 2.29 bits per heavy atom. The molecule has 0 saturated carbocycles. The number of halogens is 3. The van der Waals surface area contributed by atoms with Crippen LogP contribution in [0.25, 0.3) is 16.8 Å². The molecule has 1 aliphatic heterocycles. The number of likely N-dealkylation sites (N-methyl/N-ethyl adjacent to an activating group) is 1. The van der Waals surface area contributed by atoms with Gasteiger partial charge in [-0.1, -0.05) is 12.1 Å². The summed E-state index contributed by atoms with van der Waals surface area (Å²) in [5.41, 5.74) is 3.63. The minimum Gasteiger partial charge on any atom is -0.298 e. The fourth-order valence-electron chi connectivity index (χ4n) is 3.44. The van der Waals surface area contributed by atoms with E-state index in [4.69, 9.17) is 0 Å². The van der Waals surface area contributed by atoms with E-state index in [1.807, 2.05) is 24.9 Å². The third kappa shape index (κ3) is 3.43. The summed E-state index contributed by atoms with van der Waals surface area (Å²) < 4.78 is 43.0. The first-order valence-electron chi connectivity index (χ1n) is 8.90. The van der Waals surface area contributed by atoms with E-state index in [0.717, 1.165) is 11.8 Å². The van der Waals surface area contributed by atoms with Crippen molar-refractivity contribution in [2.24, 2.45) is 0 Å². The molecule has 0 fully saturated rings. The quantitative estimate of drug-likeness (QED) is 0.642. The Bertz CT molecular complexity index is 1050. The first-order valence-corrected chi connectivity index (χ1v) is 8.90. The van der Waals surface area contributed by atoms with Gasteiger partial charge in [0.1, 0.15) is 17.5 Å². The van der Waals surface area contributed by atoms with Gasteiger partial charge in [0, 0.05) is 30.3 Å². The second-order valence-electron chi connectivity index (χ2n) is 6.99. The van der Waals surface area contributed by atoms with E-state index in [2.05, 4.69) is 10.2 Å². The van der Waals surface area contributed by atoms with Gasteiger partial charge in [-0.05, 0) is 61.0 Å². The van der Waals surface area contributed by atoms with E-state index in [1.165, 1.54) is 12.1 Å². The molecule has 4 rings (SSSR count). The number of rotatable bonds is 2. The van der Waals surface area contributed by atoms with Gasteiger partial charge in [0.2, 0.25) is 0 Å². The predicted molar refractivity (Wildman–Crippen MR) is 102 cm³/mol. The van der Waals surface area contributed by atoms with Gasteiger partial charge in [-0.15, -0.1) is 0 Å². The predicted octanol–water partition coefficient (Wildman–Crippen LogP) is 4.75. The molecule has 2 heterocycles. The zero-order valence-electron chi connectivity index (χ0n) is 15.5. The van der Waals surface area contributed by atoms with Crippen LogP contribution in [0.1, 0.15) is 22.4 Å². The number of hydrogen-bond acceptors (Lipinski definition) is 3. The van der Waals surface area contributed by atoms with E-state index in [1.54, 1.807) is 24.3 Å². The maximum absolute atomic E-state index is 15.5. The number of benzene rings is 2. The number of aryl methyl sites for hydroxylation is 1. The molecule has 28 heavy (non-hydrogen) atoms. The van der Waals surface area contributed by atoms with Crippen molar-refractivity contribution < 1.29 is 13.2 Å². The Labute approximate surface area is 161 Å². The van der Waals surface area contributed by atoms with Crippen LogP contribution in [0.15, 0.2) is 48.5 Å². The van der Waals surface area contributed by atoms with Crippen molar-refractivity contribution in [1.82, 2.24) is 15.1 Å². The van der Waals surface area contributed by atoms with Crippen LogP contribution in [-0.4, -0.2) is 28.7 Å². The molecule has 0 spiro atoms. The molecule has 142 valence electrons. The normalized spacial score (nSPS) is 14.4. The summed E-state index contributed by atoms with van der Waals surface area (Å²) in [4.78, 5) is 1.94. The average molecular weight is 381 g/mol. The first kappa shape index (κ1) is 18.4. The highest BCUT2D eigenvalue weighted by Gasteiger charge is 2.22. The fraction of sp³-hybridized carbons (Fsp3) is 0.182. The molecule has 6 heteroatoms. The molecule has 0 saturated heterocycles. The number of hydrogen-bond donors (Lipinski definition) is 0. The summed E-state index contributed by atoms with van der Waals surface area (Å²) in [6.45, 7) is 2.71. The highest BCUT2D eigenvalue weighted by molar-refractivity contribution is 5.83. The summed E-state index contributed by atoms with van der Waals surface area (Å²) in [6, 6.07) is 10.3. The van der Waals surface area contributed by atoms with Crippen molar-refractivity contribution in [2.45, 2.75) is 13.5 Å². The average Bonchev–Trinajstić information content (AvgIpc) is 2.81. The van der Waals surface area contributed by atoms with Gasteiger partial charge in [-0.25, -0.2) is 13.2 Å². The lowest BCUT2D eigenvalue weighted by Gasteiger charge is -2.17. The van der Waals surface area contributed by atoms with Crippen LogP contribution < -0.4 is 0 Å². The monoisotopic (exact) mass is 381 g/mol. The maximum Gasteiger partial charge on any atom is 0.137 e. The van der Waals surface area contributed by atoms with Crippen LogP contribution in [0.3, 0.4) is 0 Å². The van der Waals surface area contributed by atoms with Crippen LogP contribution in [0.4, 0.5) is 13.2 Å². The van der Waals surface area contributed by atoms with Crippen molar-refractivity contribution in [2.75, 3.05) is 13.6 Å². The zero-order chi connectivity index (χ0) is 19.8. The molecule has 0 amide bonds. The van der Waals surface area contributed by atoms with E-state index >= 15 is 4.39 Å². The van der Waals surface area contributed by atoms with Crippen LogP contribution in [0.5, 0.6) is 0 Å². The molecule has 0 aliphatic carbocycles. The van der Waals surface area contributed by atoms with Gasteiger partial charge < -0.3 is 0 Å². The smallest absolute Gasteiger partial charge is 0.137 e. The Morgan fingerprint density at radius 2 is 1.61 bits per heavy atom. The Balaban J connectivity index is 1.88. The summed E-state index contributed by atoms with van der Waals surface area (Å²) in [6.07, 6.45) is 1.87. The first-order chi connectivity index (χ1) is 13.4. The van der Waals surface area contributed by atoms with Gasteiger partial charge in [-0.2, -0.15) is 10.2 Å². The molecule has 1 aromatic heterocycles. The molecule has 3 nitrogen and oxygen atoms in total. The second-order valence-corrected chi connectivity index (χ2v) is 6.99. The molecule has 3 aromatic rings. The minimum atomic E-state index is -0.665. The highest BCUT2D eigenvalue weighted by atomic mass is 19.1. The second kappa shape index (κ2) is 7.20.